The molecule has 138 valence electrons. The van der Waals surface area contributed by atoms with Crippen molar-refractivity contribution in [3.8, 4) is 0 Å². The highest BCUT2D eigenvalue weighted by Gasteiger charge is 2.50. The fourth-order valence-electron chi connectivity index (χ4n) is 4.10. The molecule has 0 bridgehead atoms. The first-order chi connectivity index (χ1) is 11.5. The molecule has 1 aromatic carbocycles. The van der Waals surface area contributed by atoms with E-state index in [4.69, 9.17) is 0 Å². The van der Waals surface area contributed by atoms with Crippen LogP contribution in [-0.4, -0.2) is 43.4 Å². The Hall–Kier alpha value is -1.66. The van der Waals surface area contributed by atoms with Crippen molar-refractivity contribution in [3.05, 3.63) is 30.1 Å². The number of anilines is 1. The van der Waals surface area contributed by atoms with Gasteiger partial charge in [0.05, 0.1) is 12.0 Å². The maximum atomic E-state index is 13.2. The Morgan fingerprint density at radius 3 is 2.96 bits per heavy atom. The molecule has 2 N–H and O–H groups in total. The molecule has 0 radical (unpaired) electrons. The molecule has 0 spiro atoms. The molecule has 5 nitrogen and oxygen atoms in total. The van der Waals surface area contributed by atoms with Crippen LogP contribution in [0.5, 0.6) is 0 Å². The molecule has 0 unspecified atom stereocenters. The van der Waals surface area contributed by atoms with E-state index in [9.17, 15) is 14.0 Å². The third kappa shape index (κ3) is 4.12. The van der Waals surface area contributed by atoms with Crippen LogP contribution in [0.25, 0.3) is 0 Å². The van der Waals surface area contributed by atoms with Crippen molar-refractivity contribution in [1.82, 2.24) is 10.2 Å². The monoisotopic (exact) mass is 369 g/mol. The Labute approximate surface area is 153 Å². The zero-order chi connectivity index (χ0) is 17.2. The first-order valence-corrected chi connectivity index (χ1v) is 8.53. The van der Waals surface area contributed by atoms with Crippen LogP contribution in [0, 0.1) is 17.2 Å². The first-order valence-electron chi connectivity index (χ1n) is 8.53. The summed E-state index contributed by atoms with van der Waals surface area (Å²) >= 11 is 0. The fraction of sp³-hybridized carbons (Fsp3) is 0.556. The second-order valence-electron chi connectivity index (χ2n) is 6.95. The van der Waals surface area contributed by atoms with Gasteiger partial charge in [0.25, 0.3) is 0 Å². The number of halogens is 2. The maximum absolute atomic E-state index is 13.2. The summed E-state index contributed by atoms with van der Waals surface area (Å²) in [7, 11) is 1.67. The predicted octanol–water partition coefficient (Wildman–Crippen LogP) is 2.42. The van der Waals surface area contributed by atoms with Crippen molar-refractivity contribution >= 4 is 29.9 Å². The fourth-order valence-corrected chi connectivity index (χ4v) is 4.10. The number of benzene rings is 1. The van der Waals surface area contributed by atoms with Gasteiger partial charge in [-0.15, -0.1) is 12.4 Å². The summed E-state index contributed by atoms with van der Waals surface area (Å²) in [6.45, 7) is 1.56. The largest absolute Gasteiger partial charge is 0.336 e. The predicted molar refractivity (Wildman–Crippen MR) is 97.2 cm³/mol. The SMILES string of the molecule is CN(CC(=O)Nc1cccc(F)c1)C(=O)[C@@]12CCCC[C@H]1CNC2.Cl. The van der Waals surface area contributed by atoms with Crippen LogP contribution in [0.3, 0.4) is 0 Å². The molecule has 1 aromatic rings. The first kappa shape index (κ1) is 19.7. The van der Waals surface area contributed by atoms with E-state index in [1.807, 2.05) is 0 Å². The normalized spacial score (nSPS) is 24.8. The van der Waals surface area contributed by atoms with Gasteiger partial charge in [0.1, 0.15) is 5.82 Å². The molecule has 2 atom stereocenters. The second-order valence-corrected chi connectivity index (χ2v) is 6.95. The van der Waals surface area contributed by atoms with Crippen molar-refractivity contribution in [3.63, 3.8) is 0 Å². The molecular weight excluding hydrogens is 345 g/mol. The molecule has 2 aliphatic rings. The van der Waals surface area contributed by atoms with Gasteiger partial charge in [-0.3, -0.25) is 9.59 Å². The van der Waals surface area contributed by atoms with Gasteiger partial charge < -0.3 is 15.5 Å². The third-order valence-corrected chi connectivity index (χ3v) is 5.30. The minimum atomic E-state index is -0.404. The molecule has 2 amide bonds. The zero-order valence-corrected chi connectivity index (χ0v) is 15.2. The Morgan fingerprint density at radius 2 is 2.20 bits per heavy atom. The van der Waals surface area contributed by atoms with Crippen LogP contribution in [0.1, 0.15) is 25.7 Å². The second kappa shape index (κ2) is 8.15. The number of hydrogen-bond acceptors (Lipinski definition) is 3. The van der Waals surface area contributed by atoms with Crippen LogP contribution < -0.4 is 10.6 Å². The summed E-state index contributed by atoms with van der Waals surface area (Å²) in [5.41, 5.74) is 0.0451. The average Bonchev–Trinajstić information content (AvgIpc) is 2.99. The van der Waals surface area contributed by atoms with Gasteiger partial charge in [-0.05, 0) is 43.5 Å². The molecular formula is C18H25ClFN3O2. The molecule has 1 saturated carbocycles. The molecule has 0 aromatic heterocycles. The standard InChI is InChI=1S/C18H24FN3O2.ClH/c1-22(11-16(23)21-15-7-4-6-14(19)9-15)17(24)18-8-3-2-5-13(18)10-20-12-18;/h4,6-7,9,13,20H,2-3,5,8,10-12H2,1H3,(H,21,23);1H/t13-,18+;/m0./s1. The van der Waals surface area contributed by atoms with Gasteiger partial charge in [-0.25, -0.2) is 4.39 Å². The van der Waals surface area contributed by atoms with E-state index in [1.54, 1.807) is 13.1 Å². The highest BCUT2D eigenvalue weighted by molar-refractivity contribution is 5.95. The van der Waals surface area contributed by atoms with E-state index >= 15 is 0 Å². The molecule has 25 heavy (non-hydrogen) atoms. The minimum absolute atomic E-state index is 0. The lowest BCUT2D eigenvalue weighted by atomic mass is 9.67. The molecule has 1 saturated heterocycles. The summed E-state index contributed by atoms with van der Waals surface area (Å²) in [5, 5.41) is 5.99. The van der Waals surface area contributed by atoms with Crippen molar-refractivity contribution in [1.29, 1.82) is 0 Å². The van der Waals surface area contributed by atoms with Gasteiger partial charge >= 0.3 is 0 Å². The Balaban J connectivity index is 0.00000225. The Morgan fingerprint density at radius 1 is 1.40 bits per heavy atom. The van der Waals surface area contributed by atoms with Crippen LogP contribution in [-0.2, 0) is 9.59 Å². The van der Waals surface area contributed by atoms with Crippen LogP contribution in [0.15, 0.2) is 24.3 Å². The number of nitrogens with one attached hydrogen (secondary N) is 2. The molecule has 3 rings (SSSR count). The summed E-state index contributed by atoms with van der Waals surface area (Å²) in [6.07, 6.45) is 4.19. The molecule has 1 aliphatic heterocycles. The average molecular weight is 370 g/mol. The van der Waals surface area contributed by atoms with Crippen LogP contribution in [0.4, 0.5) is 10.1 Å². The highest BCUT2D eigenvalue weighted by Crippen LogP contribution is 2.44. The van der Waals surface area contributed by atoms with Gasteiger partial charge in [0, 0.05) is 19.3 Å². The topological polar surface area (TPSA) is 61.4 Å². The lowest BCUT2D eigenvalue weighted by Crippen LogP contribution is -2.50. The zero-order valence-electron chi connectivity index (χ0n) is 14.4. The number of carbonyl (C=O) groups is 2. The van der Waals surface area contributed by atoms with Crippen molar-refractivity contribution in [2.24, 2.45) is 11.3 Å². The summed E-state index contributed by atoms with van der Waals surface area (Å²) in [4.78, 5) is 26.7. The lowest BCUT2D eigenvalue weighted by molar-refractivity contribution is -0.145. The highest BCUT2D eigenvalue weighted by atomic mass is 35.5. The number of carbonyl (C=O) groups excluding carboxylic acids is 2. The van der Waals surface area contributed by atoms with Gasteiger partial charge in [0.15, 0.2) is 0 Å². The van der Waals surface area contributed by atoms with E-state index in [1.165, 1.54) is 29.5 Å². The minimum Gasteiger partial charge on any atom is -0.336 e. The van der Waals surface area contributed by atoms with Crippen molar-refractivity contribution < 1.29 is 14.0 Å². The molecule has 1 heterocycles. The Bertz CT molecular complexity index is 643. The number of rotatable bonds is 4. The van der Waals surface area contributed by atoms with Crippen LogP contribution in [0.2, 0.25) is 0 Å². The quantitative estimate of drug-likeness (QED) is 0.856. The Kier molecular flexibility index (Phi) is 6.41. The van der Waals surface area contributed by atoms with E-state index < -0.39 is 5.82 Å². The molecule has 2 fully saturated rings. The van der Waals surface area contributed by atoms with Crippen LogP contribution >= 0.6 is 12.4 Å². The number of hydrogen-bond donors (Lipinski definition) is 2. The molecule has 1 aliphatic carbocycles. The summed E-state index contributed by atoms with van der Waals surface area (Å²) in [5.74, 6) is -0.302. The summed E-state index contributed by atoms with van der Waals surface area (Å²) in [6, 6.07) is 5.74. The van der Waals surface area contributed by atoms with Gasteiger partial charge in [0.2, 0.25) is 11.8 Å². The number of fused-ring (bicyclic) bond motifs is 1. The lowest BCUT2D eigenvalue weighted by Gasteiger charge is -2.39. The van der Waals surface area contributed by atoms with Crippen molar-refractivity contribution in [2.75, 3.05) is 32.0 Å². The number of likely N-dealkylation sites (N-methyl/N-ethyl adjacent to an activating group) is 1. The third-order valence-electron chi connectivity index (χ3n) is 5.30. The van der Waals surface area contributed by atoms with Gasteiger partial charge in [-0.1, -0.05) is 18.9 Å². The van der Waals surface area contributed by atoms with E-state index in [0.717, 1.165) is 25.8 Å². The van der Waals surface area contributed by atoms with E-state index in [2.05, 4.69) is 10.6 Å². The van der Waals surface area contributed by atoms with E-state index in [-0.39, 0.29) is 36.2 Å². The van der Waals surface area contributed by atoms with Crippen molar-refractivity contribution in [2.45, 2.75) is 25.7 Å². The summed E-state index contributed by atoms with van der Waals surface area (Å²) < 4.78 is 13.2. The molecule has 7 heteroatoms. The number of nitrogens with zero attached hydrogens (tertiary/aromatic N) is 1. The number of amides is 2. The van der Waals surface area contributed by atoms with Gasteiger partial charge in [-0.2, -0.15) is 0 Å². The van der Waals surface area contributed by atoms with E-state index in [0.29, 0.717) is 18.2 Å². The maximum Gasteiger partial charge on any atom is 0.243 e. The smallest absolute Gasteiger partial charge is 0.243 e.